The van der Waals surface area contributed by atoms with Crippen molar-refractivity contribution in [2.45, 2.75) is 19.5 Å². The maximum Gasteiger partial charge on any atom is 0.124 e. The number of benzene rings is 2. The van der Waals surface area contributed by atoms with Crippen LogP contribution >= 0.6 is 11.6 Å². The van der Waals surface area contributed by atoms with E-state index in [2.05, 4.69) is 45.9 Å². The molecule has 4 rings (SSSR count). The Morgan fingerprint density at radius 2 is 1.91 bits per heavy atom. The zero-order chi connectivity index (χ0) is 14.9. The highest BCUT2D eigenvalue weighted by atomic mass is 35.5. The Bertz CT molecular complexity index is 795. The minimum Gasteiger partial charge on any atom is -0.326 e. The molecule has 0 radical (unpaired) electrons. The summed E-state index contributed by atoms with van der Waals surface area (Å²) in [5.74, 6) is 1.15. The average Bonchev–Trinajstić information content (AvgIpc) is 2.90. The summed E-state index contributed by atoms with van der Waals surface area (Å²) < 4.78 is 2.32. The highest BCUT2D eigenvalue weighted by Crippen LogP contribution is 2.23. The topological polar surface area (TPSA) is 21.1 Å². The molecule has 2 aromatic carbocycles. The number of hydrogen-bond donors (Lipinski definition) is 0. The summed E-state index contributed by atoms with van der Waals surface area (Å²) in [4.78, 5) is 7.24. The van der Waals surface area contributed by atoms with Gasteiger partial charge >= 0.3 is 0 Å². The minimum atomic E-state index is 0.754. The SMILES string of the molecule is Clc1ccc2c(c1)nc1n2CCN(CCc2ccccc2)C1. The Kier molecular flexibility index (Phi) is 3.60. The van der Waals surface area contributed by atoms with Crippen molar-refractivity contribution in [1.82, 2.24) is 14.5 Å². The van der Waals surface area contributed by atoms with E-state index >= 15 is 0 Å². The predicted molar refractivity (Wildman–Crippen MR) is 90.2 cm³/mol. The molecular formula is C18H18ClN3. The van der Waals surface area contributed by atoms with Crippen LogP contribution in [-0.2, 0) is 19.5 Å². The van der Waals surface area contributed by atoms with Crippen molar-refractivity contribution < 1.29 is 0 Å². The predicted octanol–water partition coefficient (Wildman–Crippen LogP) is 3.75. The lowest BCUT2D eigenvalue weighted by molar-refractivity contribution is 0.222. The molecule has 0 bridgehead atoms. The van der Waals surface area contributed by atoms with Crippen molar-refractivity contribution in [1.29, 1.82) is 0 Å². The van der Waals surface area contributed by atoms with Crippen molar-refractivity contribution in [3.63, 3.8) is 0 Å². The highest BCUT2D eigenvalue weighted by molar-refractivity contribution is 6.31. The van der Waals surface area contributed by atoms with E-state index in [9.17, 15) is 0 Å². The van der Waals surface area contributed by atoms with Crippen LogP contribution < -0.4 is 0 Å². The van der Waals surface area contributed by atoms with E-state index in [1.54, 1.807) is 0 Å². The van der Waals surface area contributed by atoms with Crippen LogP contribution in [0.2, 0.25) is 5.02 Å². The van der Waals surface area contributed by atoms with E-state index in [0.717, 1.165) is 49.0 Å². The summed E-state index contributed by atoms with van der Waals surface area (Å²) in [6, 6.07) is 16.6. The van der Waals surface area contributed by atoms with E-state index in [4.69, 9.17) is 16.6 Å². The van der Waals surface area contributed by atoms with Gasteiger partial charge in [0.2, 0.25) is 0 Å². The van der Waals surface area contributed by atoms with Crippen LogP contribution in [-0.4, -0.2) is 27.5 Å². The van der Waals surface area contributed by atoms with Gasteiger partial charge in [-0.05, 0) is 30.2 Å². The molecule has 2 heterocycles. The van der Waals surface area contributed by atoms with Gasteiger partial charge in [0.05, 0.1) is 17.6 Å². The molecule has 3 aromatic rings. The number of imidazole rings is 1. The second-order valence-corrected chi connectivity index (χ2v) is 6.26. The Morgan fingerprint density at radius 3 is 2.77 bits per heavy atom. The van der Waals surface area contributed by atoms with Gasteiger partial charge in [-0.3, -0.25) is 4.90 Å². The highest BCUT2D eigenvalue weighted by Gasteiger charge is 2.19. The van der Waals surface area contributed by atoms with Gasteiger partial charge in [0.1, 0.15) is 5.82 Å². The molecule has 4 heteroatoms. The van der Waals surface area contributed by atoms with Crippen molar-refractivity contribution in [2.24, 2.45) is 0 Å². The molecule has 22 heavy (non-hydrogen) atoms. The maximum absolute atomic E-state index is 6.07. The smallest absolute Gasteiger partial charge is 0.124 e. The van der Waals surface area contributed by atoms with Gasteiger partial charge in [-0.1, -0.05) is 41.9 Å². The first-order valence-electron chi connectivity index (χ1n) is 7.70. The number of nitrogens with zero attached hydrogens (tertiary/aromatic N) is 3. The first-order valence-corrected chi connectivity index (χ1v) is 8.08. The Morgan fingerprint density at radius 1 is 1.05 bits per heavy atom. The second kappa shape index (κ2) is 5.75. The zero-order valence-corrected chi connectivity index (χ0v) is 13.1. The summed E-state index contributed by atoms with van der Waals surface area (Å²) in [5, 5.41) is 0.754. The summed E-state index contributed by atoms with van der Waals surface area (Å²) >= 11 is 6.07. The maximum atomic E-state index is 6.07. The van der Waals surface area contributed by atoms with Crippen LogP contribution in [0.4, 0.5) is 0 Å². The largest absolute Gasteiger partial charge is 0.326 e. The third-order valence-corrected chi connectivity index (χ3v) is 4.59. The molecule has 0 spiro atoms. The zero-order valence-electron chi connectivity index (χ0n) is 12.4. The van der Waals surface area contributed by atoms with E-state index < -0.39 is 0 Å². The second-order valence-electron chi connectivity index (χ2n) is 5.82. The van der Waals surface area contributed by atoms with Crippen LogP contribution in [0.5, 0.6) is 0 Å². The van der Waals surface area contributed by atoms with Crippen LogP contribution in [0.1, 0.15) is 11.4 Å². The quantitative estimate of drug-likeness (QED) is 0.734. The monoisotopic (exact) mass is 311 g/mol. The lowest BCUT2D eigenvalue weighted by atomic mass is 10.1. The lowest BCUT2D eigenvalue weighted by Gasteiger charge is -2.27. The third-order valence-electron chi connectivity index (χ3n) is 4.35. The molecule has 0 aliphatic carbocycles. The van der Waals surface area contributed by atoms with Crippen LogP contribution in [0.15, 0.2) is 48.5 Å². The standard InChI is InChI=1S/C18H18ClN3/c19-15-6-7-17-16(12-15)20-18-13-21(10-11-22(17)18)9-8-14-4-2-1-3-5-14/h1-7,12H,8-11,13H2. The molecule has 0 N–H and O–H groups in total. The van der Waals surface area contributed by atoms with Crippen LogP contribution in [0.3, 0.4) is 0 Å². The van der Waals surface area contributed by atoms with E-state index in [1.807, 2.05) is 12.1 Å². The Balaban J connectivity index is 1.50. The number of hydrogen-bond acceptors (Lipinski definition) is 2. The summed E-state index contributed by atoms with van der Waals surface area (Å²) in [6.45, 7) is 4.07. The molecule has 0 fully saturated rings. The molecule has 0 atom stereocenters. The van der Waals surface area contributed by atoms with Gasteiger partial charge in [0.15, 0.2) is 0 Å². The fourth-order valence-electron chi connectivity index (χ4n) is 3.17. The van der Waals surface area contributed by atoms with Crippen LogP contribution in [0.25, 0.3) is 11.0 Å². The van der Waals surface area contributed by atoms with Gasteiger partial charge in [-0.15, -0.1) is 0 Å². The fourth-order valence-corrected chi connectivity index (χ4v) is 3.33. The van der Waals surface area contributed by atoms with Gasteiger partial charge in [0, 0.05) is 24.7 Å². The van der Waals surface area contributed by atoms with Crippen molar-refractivity contribution >= 4 is 22.6 Å². The summed E-state index contributed by atoms with van der Waals surface area (Å²) in [6.07, 6.45) is 1.09. The van der Waals surface area contributed by atoms with Crippen LogP contribution in [0, 0.1) is 0 Å². The molecule has 1 aliphatic rings. The third kappa shape index (κ3) is 2.62. The lowest BCUT2D eigenvalue weighted by Crippen LogP contribution is -2.35. The summed E-state index contributed by atoms with van der Waals surface area (Å²) in [5.41, 5.74) is 3.60. The molecule has 1 aliphatic heterocycles. The molecule has 3 nitrogen and oxygen atoms in total. The molecular weight excluding hydrogens is 294 g/mol. The Labute approximate surface area is 135 Å². The first kappa shape index (κ1) is 13.8. The van der Waals surface area contributed by atoms with Crippen molar-refractivity contribution in [3.05, 3.63) is 64.9 Å². The number of aromatic nitrogens is 2. The average molecular weight is 312 g/mol. The van der Waals surface area contributed by atoms with Crippen molar-refractivity contribution in [2.75, 3.05) is 13.1 Å². The van der Waals surface area contributed by atoms with E-state index in [1.165, 1.54) is 11.1 Å². The minimum absolute atomic E-state index is 0.754. The summed E-state index contributed by atoms with van der Waals surface area (Å²) in [7, 11) is 0. The molecule has 1 aromatic heterocycles. The van der Waals surface area contributed by atoms with Gasteiger partial charge in [-0.2, -0.15) is 0 Å². The fraction of sp³-hybridized carbons (Fsp3) is 0.278. The van der Waals surface area contributed by atoms with Crippen molar-refractivity contribution in [3.8, 4) is 0 Å². The molecule has 112 valence electrons. The molecule has 0 saturated carbocycles. The molecule has 0 unspecified atom stereocenters. The van der Waals surface area contributed by atoms with Gasteiger partial charge in [-0.25, -0.2) is 4.98 Å². The van der Waals surface area contributed by atoms with E-state index in [0.29, 0.717) is 0 Å². The Hall–Kier alpha value is -1.84. The normalized spacial score (nSPS) is 15.1. The number of rotatable bonds is 3. The number of fused-ring (bicyclic) bond motifs is 3. The van der Waals surface area contributed by atoms with Gasteiger partial charge < -0.3 is 4.57 Å². The molecule has 0 saturated heterocycles. The van der Waals surface area contributed by atoms with Gasteiger partial charge in [0.25, 0.3) is 0 Å². The first-order chi connectivity index (χ1) is 10.8. The van der Waals surface area contributed by atoms with E-state index in [-0.39, 0.29) is 0 Å². The molecule has 0 amide bonds. The number of halogens is 1.